The van der Waals surface area contributed by atoms with Crippen molar-refractivity contribution in [1.82, 2.24) is 0 Å². The molecule has 3 N–H and O–H groups in total. The average Bonchev–Trinajstić information content (AvgIpc) is 2.53. The SMILES string of the molecule is CCCC(OC(=O)CC(C)C)OC(=O)C(N)[C@H]1CC[C@H](C(=O)O)CC1. The van der Waals surface area contributed by atoms with E-state index in [2.05, 4.69) is 0 Å². The first-order valence-corrected chi connectivity index (χ1v) is 9.12. The fourth-order valence-corrected chi connectivity index (χ4v) is 3.03. The molecule has 2 unspecified atom stereocenters. The lowest BCUT2D eigenvalue weighted by molar-refractivity contribution is -0.191. The summed E-state index contributed by atoms with van der Waals surface area (Å²) in [6.07, 6.45) is 2.68. The van der Waals surface area contributed by atoms with Crippen LogP contribution in [0.3, 0.4) is 0 Å². The van der Waals surface area contributed by atoms with E-state index in [1.807, 2.05) is 20.8 Å². The highest BCUT2D eigenvalue weighted by Crippen LogP contribution is 2.31. The van der Waals surface area contributed by atoms with Crippen molar-refractivity contribution < 1.29 is 29.0 Å². The zero-order valence-electron chi connectivity index (χ0n) is 15.4. The lowest BCUT2D eigenvalue weighted by Gasteiger charge is -2.30. The summed E-state index contributed by atoms with van der Waals surface area (Å²) in [6.45, 7) is 5.72. The quantitative estimate of drug-likeness (QED) is 0.481. The van der Waals surface area contributed by atoms with Crippen LogP contribution in [0.1, 0.15) is 65.7 Å². The Kier molecular flexibility index (Phi) is 8.89. The maximum atomic E-state index is 12.3. The van der Waals surface area contributed by atoms with Gasteiger partial charge < -0.3 is 20.3 Å². The minimum Gasteiger partial charge on any atom is -0.481 e. The smallest absolute Gasteiger partial charge is 0.326 e. The van der Waals surface area contributed by atoms with Gasteiger partial charge in [0, 0.05) is 12.8 Å². The molecule has 0 spiro atoms. The number of aliphatic carboxylic acids is 1. The van der Waals surface area contributed by atoms with Crippen LogP contribution in [-0.4, -0.2) is 35.3 Å². The molecule has 0 bridgehead atoms. The zero-order valence-corrected chi connectivity index (χ0v) is 15.4. The Morgan fingerprint density at radius 3 is 2.20 bits per heavy atom. The zero-order chi connectivity index (χ0) is 19.0. The van der Waals surface area contributed by atoms with Crippen molar-refractivity contribution in [2.45, 2.75) is 78.0 Å². The van der Waals surface area contributed by atoms with Crippen LogP contribution in [0.25, 0.3) is 0 Å². The van der Waals surface area contributed by atoms with E-state index in [0.29, 0.717) is 38.5 Å². The summed E-state index contributed by atoms with van der Waals surface area (Å²) in [7, 11) is 0. The van der Waals surface area contributed by atoms with Crippen LogP contribution in [0, 0.1) is 17.8 Å². The van der Waals surface area contributed by atoms with Crippen LogP contribution in [0.4, 0.5) is 0 Å². The van der Waals surface area contributed by atoms with Crippen LogP contribution < -0.4 is 5.73 Å². The third kappa shape index (κ3) is 7.42. The second-order valence-corrected chi connectivity index (χ2v) is 7.22. The summed E-state index contributed by atoms with van der Waals surface area (Å²) in [5, 5.41) is 9.03. The van der Waals surface area contributed by atoms with Gasteiger partial charge in [0.1, 0.15) is 6.04 Å². The van der Waals surface area contributed by atoms with Crippen molar-refractivity contribution in [3.63, 3.8) is 0 Å². The molecular weight excluding hydrogens is 326 g/mol. The van der Waals surface area contributed by atoms with Crippen LogP contribution in [0.2, 0.25) is 0 Å². The number of rotatable bonds is 9. The maximum absolute atomic E-state index is 12.3. The summed E-state index contributed by atoms with van der Waals surface area (Å²) in [4.78, 5) is 35.1. The first kappa shape index (κ1) is 21.4. The number of esters is 2. The molecule has 0 saturated heterocycles. The van der Waals surface area contributed by atoms with E-state index in [9.17, 15) is 14.4 Å². The summed E-state index contributed by atoms with van der Waals surface area (Å²) in [5.41, 5.74) is 6.01. The van der Waals surface area contributed by atoms with E-state index < -0.39 is 30.2 Å². The molecule has 0 heterocycles. The molecule has 7 nitrogen and oxygen atoms in total. The molecule has 144 valence electrons. The molecule has 1 aliphatic carbocycles. The highest BCUT2D eigenvalue weighted by Gasteiger charge is 2.34. The van der Waals surface area contributed by atoms with Gasteiger partial charge in [-0.1, -0.05) is 20.8 Å². The Morgan fingerprint density at radius 2 is 1.72 bits per heavy atom. The largest absolute Gasteiger partial charge is 0.481 e. The van der Waals surface area contributed by atoms with E-state index >= 15 is 0 Å². The van der Waals surface area contributed by atoms with Gasteiger partial charge in [-0.2, -0.15) is 0 Å². The molecule has 0 aliphatic heterocycles. The molecule has 7 heteroatoms. The standard InChI is InChI=1S/C18H31NO6/c1-4-5-15(24-14(20)10-11(2)3)25-18(23)16(19)12-6-8-13(9-7-12)17(21)22/h11-13,15-16H,4-10,19H2,1-3H3,(H,21,22)/t12-,13-,15?,16?. The lowest BCUT2D eigenvalue weighted by Crippen LogP contribution is -2.43. The van der Waals surface area contributed by atoms with Crippen molar-refractivity contribution in [1.29, 1.82) is 0 Å². The lowest BCUT2D eigenvalue weighted by atomic mass is 9.79. The number of carbonyl (C=O) groups is 3. The predicted octanol–water partition coefficient (Wildman–Crippen LogP) is 2.46. The van der Waals surface area contributed by atoms with Crippen molar-refractivity contribution in [2.24, 2.45) is 23.5 Å². The van der Waals surface area contributed by atoms with Crippen molar-refractivity contribution in [2.75, 3.05) is 0 Å². The first-order chi connectivity index (χ1) is 11.7. The van der Waals surface area contributed by atoms with Gasteiger partial charge >= 0.3 is 17.9 Å². The molecule has 1 saturated carbocycles. The number of hydrogen-bond acceptors (Lipinski definition) is 6. The van der Waals surface area contributed by atoms with Crippen molar-refractivity contribution in [3.8, 4) is 0 Å². The number of ether oxygens (including phenoxy) is 2. The van der Waals surface area contributed by atoms with Crippen LogP contribution in [0.5, 0.6) is 0 Å². The van der Waals surface area contributed by atoms with Crippen molar-refractivity contribution in [3.05, 3.63) is 0 Å². The van der Waals surface area contributed by atoms with Gasteiger partial charge in [0.25, 0.3) is 0 Å². The molecular formula is C18H31NO6. The molecule has 0 aromatic rings. The Morgan fingerprint density at radius 1 is 1.12 bits per heavy atom. The third-order valence-corrected chi connectivity index (χ3v) is 4.51. The number of hydrogen-bond donors (Lipinski definition) is 2. The second kappa shape index (κ2) is 10.4. The van der Waals surface area contributed by atoms with Gasteiger partial charge in [-0.15, -0.1) is 0 Å². The minimum atomic E-state index is -0.912. The second-order valence-electron chi connectivity index (χ2n) is 7.22. The fourth-order valence-electron chi connectivity index (χ4n) is 3.03. The maximum Gasteiger partial charge on any atom is 0.326 e. The third-order valence-electron chi connectivity index (χ3n) is 4.51. The fraction of sp³-hybridized carbons (Fsp3) is 0.833. The molecule has 1 rings (SSSR count). The Balaban J connectivity index is 2.52. The normalized spacial score (nSPS) is 22.9. The predicted molar refractivity (Wildman–Crippen MR) is 91.4 cm³/mol. The molecule has 1 aliphatic rings. The molecule has 0 amide bonds. The van der Waals surface area contributed by atoms with E-state index in [0.717, 1.165) is 0 Å². The minimum absolute atomic E-state index is 0.100. The summed E-state index contributed by atoms with van der Waals surface area (Å²) in [5.74, 6) is -2.07. The van der Waals surface area contributed by atoms with Gasteiger partial charge in [0.2, 0.25) is 6.29 Å². The Labute approximate surface area is 149 Å². The summed E-state index contributed by atoms with van der Waals surface area (Å²) >= 11 is 0. The van der Waals surface area contributed by atoms with Crippen LogP contribution >= 0.6 is 0 Å². The van der Waals surface area contributed by atoms with E-state index in [1.54, 1.807) is 0 Å². The van der Waals surface area contributed by atoms with Gasteiger partial charge in [-0.05, 0) is 43.9 Å². The molecule has 1 fully saturated rings. The van der Waals surface area contributed by atoms with Gasteiger partial charge in [0.15, 0.2) is 0 Å². The molecule has 0 radical (unpaired) electrons. The topological polar surface area (TPSA) is 116 Å². The van der Waals surface area contributed by atoms with Crippen LogP contribution in [-0.2, 0) is 23.9 Å². The highest BCUT2D eigenvalue weighted by atomic mass is 16.7. The van der Waals surface area contributed by atoms with Crippen molar-refractivity contribution >= 4 is 17.9 Å². The van der Waals surface area contributed by atoms with Gasteiger partial charge in [-0.3, -0.25) is 14.4 Å². The van der Waals surface area contributed by atoms with Gasteiger partial charge in [-0.25, -0.2) is 0 Å². The number of carboxylic acid groups (broad SMARTS) is 1. The Hall–Kier alpha value is -1.63. The average molecular weight is 357 g/mol. The highest BCUT2D eigenvalue weighted by molar-refractivity contribution is 5.76. The van der Waals surface area contributed by atoms with Gasteiger partial charge in [0.05, 0.1) is 5.92 Å². The monoisotopic (exact) mass is 357 g/mol. The number of carbonyl (C=O) groups excluding carboxylic acids is 2. The molecule has 25 heavy (non-hydrogen) atoms. The van der Waals surface area contributed by atoms with E-state index in [1.165, 1.54) is 0 Å². The van der Waals surface area contributed by atoms with E-state index in [-0.39, 0.29) is 24.2 Å². The first-order valence-electron chi connectivity index (χ1n) is 9.12. The van der Waals surface area contributed by atoms with Crippen LogP contribution in [0.15, 0.2) is 0 Å². The molecule has 0 aromatic carbocycles. The number of nitrogens with two attached hydrogens (primary N) is 1. The molecule has 0 aromatic heterocycles. The van der Waals surface area contributed by atoms with E-state index in [4.69, 9.17) is 20.3 Å². The number of carboxylic acids is 1. The molecule has 2 atom stereocenters. The summed E-state index contributed by atoms with van der Waals surface area (Å²) < 4.78 is 10.6. The summed E-state index contributed by atoms with van der Waals surface area (Å²) in [6, 6.07) is -0.821. The Bertz CT molecular complexity index is 456.